The topological polar surface area (TPSA) is 66.8 Å². The Morgan fingerprint density at radius 2 is 2.00 bits per heavy atom. The highest BCUT2D eigenvalue weighted by Gasteiger charge is 2.64. The monoisotopic (exact) mass is 373 g/mol. The molecule has 1 aliphatic heterocycles. The Bertz CT molecular complexity index is 702. The first-order valence-corrected chi connectivity index (χ1v) is 8.29. The van der Waals surface area contributed by atoms with Gasteiger partial charge in [-0.2, -0.15) is 13.2 Å². The number of carbonyl (C=O) groups is 2. The van der Waals surface area contributed by atoms with Gasteiger partial charge in [0.25, 0.3) is 5.91 Å². The molecular formula is C18H22F3NO4. The minimum Gasteiger partial charge on any atom is -0.483 e. The number of hydrogen-bond donors (Lipinski definition) is 1. The molecule has 0 aliphatic carbocycles. The van der Waals surface area contributed by atoms with Crippen LogP contribution in [-0.2, 0) is 9.59 Å². The molecule has 1 fully saturated rings. The van der Waals surface area contributed by atoms with Crippen molar-refractivity contribution in [2.45, 2.75) is 39.3 Å². The molecule has 5 nitrogen and oxygen atoms in total. The second-order valence-corrected chi connectivity index (χ2v) is 6.93. The van der Waals surface area contributed by atoms with Crippen molar-refractivity contribution in [3.8, 4) is 5.75 Å². The number of hydrogen-bond acceptors (Lipinski definition) is 3. The zero-order valence-corrected chi connectivity index (χ0v) is 14.9. The summed E-state index contributed by atoms with van der Waals surface area (Å²) >= 11 is 0. The van der Waals surface area contributed by atoms with Crippen LogP contribution in [0.3, 0.4) is 0 Å². The quantitative estimate of drug-likeness (QED) is 0.859. The molecule has 1 saturated heterocycles. The van der Waals surface area contributed by atoms with E-state index in [2.05, 4.69) is 0 Å². The summed E-state index contributed by atoms with van der Waals surface area (Å²) in [4.78, 5) is 24.4. The predicted molar refractivity (Wildman–Crippen MR) is 88.1 cm³/mol. The van der Waals surface area contributed by atoms with Crippen LogP contribution < -0.4 is 4.74 Å². The van der Waals surface area contributed by atoms with Gasteiger partial charge in [0.05, 0.1) is 0 Å². The fourth-order valence-corrected chi connectivity index (χ4v) is 3.02. The maximum absolute atomic E-state index is 13.2. The van der Waals surface area contributed by atoms with E-state index in [0.29, 0.717) is 5.75 Å². The van der Waals surface area contributed by atoms with Crippen LogP contribution >= 0.6 is 0 Å². The van der Waals surface area contributed by atoms with Crippen LogP contribution in [0.15, 0.2) is 18.2 Å². The van der Waals surface area contributed by atoms with Gasteiger partial charge in [0.15, 0.2) is 12.0 Å². The van der Waals surface area contributed by atoms with Gasteiger partial charge in [-0.15, -0.1) is 0 Å². The molecule has 1 aliphatic rings. The third-order valence-electron chi connectivity index (χ3n) is 4.72. The van der Waals surface area contributed by atoms with Gasteiger partial charge in [-0.25, -0.2) is 0 Å². The van der Waals surface area contributed by atoms with Gasteiger partial charge in [-0.3, -0.25) is 9.59 Å². The van der Waals surface area contributed by atoms with Crippen molar-refractivity contribution in [2.24, 2.45) is 5.41 Å². The van der Waals surface area contributed by atoms with E-state index >= 15 is 0 Å². The molecule has 2 rings (SSSR count). The minimum atomic E-state index is -4.92. The van der Waals surface area contributed by atoms with E-state index < -0.39 is 43.0 Å². The number of carboxylic acid groups (broad SMARTS) is 1. The molecule has 1 heterocycles. The van der Waals surface area contributed by atoms with Gasteiger partial charge in [0, 0.05) is 13.1 Å². The Labute approximate surface area is 149 Å². The van der Waals surface area contributed by atoms with Gasteiger partial charge in [-0.1, -0.05) is 26.0 Å². The van der Waals surface area contributed by atoms with Gasteiger partial charge in [-0.05, 0) is 36.5 Å². The summed E-state index contributed by atoms with van der Waals surface area (Å²) in [6.45, 7) is 4.20. The molecule has 0 bridgehead atoms. The molecule has 1 N–H and O–H groups in total. The van der Waals surface area contributed by atoms with E-state index in [-0.39, 0.29) is 12.5 Å². The van der Waals surface area contributed by atoms with Crippen molar-refractivity contribution in [1.29, 1.82) is 0 Å². The maximum atomic E-state index is 13.2. The van der Waals surface area contributed by atoms with E-state index in [1.54, 1.807) is 6.07 Å². The molecule has 0 radical (unpaired) electrons. The Balaban J connectivity index is 2.09. The molecule has 144 valence electrons. The minimum absolute atomic E-state index is 0.150. The average Bonchev–Trinajstić information content (AvgIpc) is 2.99. The molecule has 1 amide bonds. The zero-order valence-electron chi connectivity index (χ0n) is 14.9. The fraction of sp³-hybridized carbons (Fsp3) is 0.556. The highest BCUT2D eigenvalue weighted by atomic mass is 19.4. The second kappa shape index (κ2) is 7.17. The van der Waals surface area contributed by atoms with Crippen LogP contribution in [0.4, 0.5) is 13.2 Å². The molecule has 1 unspecified atom stereocenters. The van der Waals surface area contributed by atoms with Crippen LogP contribution in [0.5, 0.6) is 5.75 Å². The lowest BCUT2D eigenvalue weighted by molar-refractivity contribution is -0.227. The largest absolute Gasteiger partial charge is 0.483 e. The van der Waals surface area contributed by atoms with Crippen molar-refractivity contribution in [3.05, 3.63) is 29.3 Å². The highest BCUT2D eigenvalue weighted by Crippen LogP contribution is 2.45. The Morgan fingerprint density at radius 1 is 1.35 bits per heavy atom. The molecule has 0 spiro atoms. The van der Waals surface area contributed by atoms with Crippen molar-refractivity contribution in [1.82, 2.24) is 4.90 Å². The summed E-state index contributed by atoms with van der Waals surface area (Å²) in [5.41, 5.74) is -1.09. The maximum Gasteiger partial charge on any atom is 0.406 e. The van der Waals surface area contributed by atoms with Gasteiger partial charge >= 0.3 is 12.1 Å². The Kier molecular flexibility index (Phi) is 5.53. The number of amides is 1. The van der Waals surface area contributed by atoms with Gasteiger partial charge in [0.2, 0.25) is 0 Å². The number of alkyl halides is 3. The zero-order chi connectivity index (χ0) is 19.7. The summed E-state index contributed by atoms with van der Waals surface area (Å²) in [5.74, 6) is -1.96. The number of carbonyl (C=O) groups excluding carboxylic acids is 1. The number of aliphatic carboxylic acids is 1. The molecule has 1 aromatic rings. The number of halogens is 3. The first-order valence-electron chi connectivity index (χ1n) is 8.29. The van der Waals surface area contributed by atoms with Crippen molar-refractivity contribution in [3.63, 3.8) is 0 Å². The smallest absolute Gasteiger partial charge is 0.406 e. The van der Waals surface area contributed by atoms with Crippen LogP contribution in [0.2, 0.25) is 0 Å². The van der Waals surface area contributed by atoms with E-state index in [4.69, 9.17) is 9.84 Å². The lowest BCUT2D eigenvalue weighted by Crippen LogP contribution is -2.48. The van der Waals surface area contributed by atoms with Crippen molar-refractivity contribution < 1.29 is 32.6 Å². The molecule has 1 atom stereocenters. The van der Waals surface area contributed by atoms with Crippen molar-refractivity contribution in [2.75, 3.05) is 19.7 Å². The SMILES string of the molecule is Cc1ccc(C(C)C)c(OCC(=O)N2CCC(C(=O)O)(C(F)(F)F)C2)c1. The van der Waals surface area contributed by atoms with E-state index in [1.807, 2.05) is 32.9 Å². The molecule has 8 heteroatoms. The summed E-state index contributed by atoms with van der Waals surface area (Å²) < 4.78 is 45.1. The van der Waals surface area contributed by atoms with E-state index in [9.17, 15) is 22.8 Å². The number of carboxylic acids is 1. The summed E-state index contributed by atoms with van der Waals surface area (Å²) in [5, 5.41) is 9.05. The van der Waals surface area contributed by atoms with Crippen LogP contribution in [0.25, 0.3) is 0 Å². The van der Waals surface area contributed by atoms with Gasteiger partial charge < -0.3 is 14.7 Å². The predicted octanol–water partition coefficient (Wildman–Crippen LogP) is 3.36. The second-order valence-electron chi connectivity index (χ2n) is 6.93. The number of ether oxygens (including phenoxy) is 1. The molecule has 26 heavy (non-hydrogen) atoms. The number of benzene rings is 1. The summed E-state index contributed by atoms with van der Waals surface area (Å²) in [6, 6.07) is 5.56. The van der Waals surface area contributed by atoms with E-state index in [1.165, 1.54) is 0 Å². The number of aryl methyl sites for hydroxylation is 1. The lowest BCUT2D eigenvalue weighted by atomic mass is 9.86. The van der Waals surface area contributed by atoms with Crippen LogP contribution in [0, 0.1) is 12.3 Å². The highest BCUT2D eigenvalue weighted by molar-refractivity contribution is 5.82. The first kappa shape index (κ1) is 20.1. The standard InChI is InChI=1S/C18H22F3NO4/c1-11(2)13-5-4-12(3)8-14(13)26-9-15(23)22-7-6-17(10-22,16(24)25)18(19,20)21/h4-5,8,11H,6-7,9-10H2,1-3H3,(H,24,25). The van der Waals surface area contributed by atoms with E-state index in [0.717, 1.165) is 16.0 Å². The Morgan fingerprint density at radius 3 is 2.50 bits per heavy atom. The molecule has 0 saturated carbocycles. The Hall–Kier alpha value is -2.25. The van der Waals surface area contributed by atoms with Crippen LogP contribution in [0.1, 0.15) is 37.3 Å². The fourth-order valence-electron chi connectivity index (χ4n) is 3.02. The number of likely N-dealkylation sites (tertiary alicyclic amines) is 1. The first-order chi connectivity index (χ1) is 12.0. The lowest BCUT2D eigenvalue weighted by Gasteiger charge is -2.27. The molecule has 0 aromatic heterocycles. The molecular weight excluding hydrogens is 351 g/mol. The normalized spacial score (nSPS) is 20.5. The van der Waals surface area contributed by atoms with Crippen molar-refractivity contribution >= 4 is 11.9 Å². The van der Waals surface area contributed by atoms with Gasteiger partial charge in [0.1, 0.15) is 5.75 Å². The number of rotatable bonds is 5. The average molecular weight is 373 g/mol. The molecule has 1 aromatic carbocycles. The number of nitrogens with zero attached hydrogens (tertiary/aromatic N) is 1. The third kappa shape index (κ3) is 3.78. The third-order valence-corrected chi connectivity index (χ3v) is 4.72. The summed E-state index contributed by atoms with van der Waals surface area (Å²) in [7, 11) is 0. The van der Waals surface area contributed by atoms with Crippen LogP contribution in [-0.4, -0.2) is 47.8 Å². The summed E-state index contributed by atoms with van der Waals surface area (Å²) in [6.07, 6.45) is -5.57.